The fourth-order valence-electron chi connectivity index (χ4n) is 4.23. The second-order valence-corrected chi connectivity index (χ2v) is 9.11. The Morgan fingerprint density at radius 2 is 0.973 bits per heavy atom. The van der Waals surface area contributed by atoms with Gasteiger partial charge in [0.25, 0.3) is 0 Å². The molecule has 1 saturated heterocycles. The molecule has 0 aromatic carbocycles. The van der Waals surface area contributed by atoms with Crippen molar-refractivity contribution in [1.82, 2.24) is 39.0 Å². The van der Waals surface area contributed by atoms with Gasteiger partial charge in [-0.05, 0) is 23.2 Å². The molecule has 0 spiro atoms. The molecular weight excluding hydrogens is 523 g/mol. The summed E-state index contributed by atoms with van der Waals surface area (Å²) in [4.78, 5) is 30.4. The molecule has 15 heteroatoms. The van der Waals surface area contributed by atoms with E-state index in [1.165, 1.54) is 12.7 Å². The van der Waals surface area contributed by atoms with Crippen molar-refractivity contribution in [3.8, 4) is 0 Å². The minimum Gasteiger partial charge on any atom is -0.378 e. The SMILES string of the molecule is Cn1c(Cl)nc2ncnc(N3CCOCCOCCN(c4ncnc5nc(Cl)n(C)c45)CCOCC3)c21. The van der Waals surface area contributed by atoms with Crippen LogP contribution in [0.15, 0.2) is 12.7 Å². The standard InChI is InChI=1S/C22H28Cl2N10O3/c1-31-15-17(29-21(31)23)25-13-27-19(15)33-3-7-35-8-4-34(6-10-37-12-11-36-9-5-33)20-16-18(26-14-28-20)30-22(24)32(16)2/h13-14H,3-12H2,1-2H3. The number of fused-ring (bicyclic) bond motifs is 2. The quantitative estimate of drug-likeness (QED) is 0.339. The summed E-state index contributed by atoms with van der Waals surface area (Å²) < 4.78 is 21.3. The monoisotopic (exact) mass is 550 g/mol. The zero-order valence-electron chi connectivity index (χ0n) is 20.7. The lowest BCUT2D eigenvalue weighted by Gasteiger charge is -2.25. The molecule has 4 aromatic rings. The van der Waals surface area contributed by atoms with Crippen molar-refractivity contribution in [2.75, 3.05) is 75.6 Å². The minimum atomic E-state index is 0.355. The van der Waals surface area contributed by atoms with Crippen LogP contribution in [0.5, 0.6) is 0 Å². The Hall–Kier alpha value is -2.84. The smallest absolute Gasteiger partial charge is 0.205 e. The van der Waals surface area contributed by atoms with E-state index >= 15 is 0 Å². The highest BCUT2D eigenvalue weighted by molar-refractivity contribution is 6.29. The van der Waals surface area contributed by atoms with Gasteiger partial charge in [0.2, 0.25) is 10.6 Å². The molecule has 1 fully saturated rings. The lowest BCUT2D eigenvalue weighted by atomic mass is 10.4. The van der Waals surface area contributed by atoms with Gasteiger partial charge in [-0.2, -0.15) is 9.97 Å². The van der Waals surface area contributed by atoms with E-state index in [1.807, 2.05) is 14.1 Å². The molecule has 4 aromatic heterocycles. The van der Waals surface area contributed by atoms with Crippen LogP contribution >= 0.6 is 23.2 Å². The number of hydrogen-bond donors (Lipinski definition) is 0. The maximum atomic E-state index is 6.25. The summed E-state index contributed by atoms with van der Waals surface area (Å²) in [7, 11) is 3.69. The van der Waals surface area contributed by atoms with Gasteiger partial charge in [-0.3, -0.25) is 0 Å². The summed E-state index contributed by atoms with van der Waals surface area (Å²) >= 11 is 12.5. The van der Waals surface area contributed by atoms with Gasteiger partial charge in [-0.25, -0.2) is 19.9 Å². The molecule has 13 nitrogen and oxygen atoms in total. The summed E-state index contributed by atoms with van der Waals surface area (Å²) in [6.45, 7) is 5.38. The molecule has 1 aliphatic rings. The van der Waals surface area contributed by atoms with Crippen molar-refractivity contribution >= 4 is 57.2 Å². The summed E-state index contributed by atoms with van der Waals surface area (Å²) in [6, 6.07) is 0. The Balaban J connectivity index is 1.33. The third-order valence-corrected chi connectivity index (χ3v) is 6.86. The number of imidazole rings is 2. The number of aryl methyl sites for hydroxylation is 2. The van der Waals surface area contributed by atoms with Gasteiger partial charge in [-0.1, -0.05) is 0 Å². The van der Waals surface area contributed by atoms with E-state index in [0.29, 0.717) is 87.7 Å². The Kier molecular flexibility index (Phi) is 8.15. The number of halogens is 2. The van der Waals surface area contributed by atoms with Crippen molar-refractivity contribution in [1.29, 1.82) is 0 Å². The normalized spacial score (nSPS) is 17.3. The second kappa shape index (κ2) is 11.7. The second-order valence-electron chi connectivity index (χ2n) is 8.43. The van der Waals surface area contributed by atoms with Gasteiger partial charge in [0.05, 0.1) is 39.6 Å². The van der Waals surface area contributed by atoms with Crippen LogP contribution in [0.3, 0.4) is 0 Å². The number of rotatable bonds is 2. The highest BCUT2D eigenvalue weighted by atomic mass is 35.5. The van der Waals surface area contributed by atoms with Crippen molar-refractivity contribution in [3.05, 3.63) is 23.2 Å². The molecule has 0 unspecified atom stereocenters. The highest BCUT2D eigenvalue weighted by Gasteiger charge is 2.20. The Morgan fingerprint density at radius 3 is 1.38 bits per heavy atom. The molecule has 0 bridgehead atoms. The highest BCUT2D eigenvalue weighted by Crippen LogP contribution is 2.26. The van der Waals surface area contributed by atoms with Gasteiger partial charge < -0.3 is 33.1 Å². The summed E-state index contributed by atoms with van der Waals surface area (Å²) in [5, 5.41) is 0.710. The first kappa shape index (κ1) is 25.8. The van der Waals surface area contributed by atoms with Crippen molar-refractivity contribution in [2.45, 2.75) is 0 Å². The van der Waals surface area contributed by atoms with E-state index in [-0.39, 0.29) is 0 Å². The molecule has 198 valence electrons. The van der Waals surface area contributed by atoms with E-state index in [1.54, 1.807) is 9.13 Å². The van der Waals surface area contributed by atoms with Gasteiger partial charge >= 0.3 is 0 Å². The zero-order chi connectivity index (χ0) is 25.8. The van der Waals surface area contributed by atoms with E-state index in [2.05, 4.69) is 39.7 Å². The predicted octanol–water partition coefficient (Wildman–Crippen LogP) is 1.72. The Morgan fingerprint density at radius 1 is 0.595 bits per heavy atom. The van der Waals surface area contributed by atoms with Crippen LogP contribution < -0.4 is 9.80 Å². The summed E-state index contributed by atoms with van der Waals surface area (Å²) in [5.41, 5.74) is 2.63. The summed E-state index contributed by atoms with van der Waals surface area (Å²) in [6.07, 6.45) is 2.99. The first-order chi connectivity index (χ1) is 18.0. The zero-order valence-corrected chi connectivity index (χ0v) is 22.2. The predicted molar refractivity (Wildman–Crippen MR) is 140 cm³/mol. The van der Waals surface area contributed by atoms with Crippen LogP contribution in [-0.2, 0) is 28.3 Å². The first-order valence-electron chi connectivity index (χ1n) is 11.9. The molecule has 5 rings (SSSR count). The number of hydrogen-bond acceptors (Lipinski definition) is 11. The van der Waals surface area contributed by atoms with Gasteiger partial charge in [0.1, 0.15) is 23.7 Å². The summed E-state index contributed by atoms with van der Waals surface area (Å²) in [5.74, 6) is 1.47. The number of nitrogens with zero attached hydrogens (tertiary/aromatic N) is 10. The number of anilines is 2. The van der Waals surface area contributed by atoms with E-state index in [4.69, 9.17) is 37.4 Å². The molecule has 0 aliphatic carbocycles. The van der Waals surface area contributed by atoms with Gasteiger partial charge in [0.15, 0.2) is 22.9 Å². The molecule has 1 aliphatic heterocycles. The van der Waals surface area contributed by atoms with Crippen molar-refractivity contribution in [3.63, 3.8) is 0 Å². The minimum absolute atomic E-state index is 0.355. The first-order valence-corrected chi connectivity index (χ1v) is 12.7. The maximum absolute atomic E-state index is 6.25. The van der Waals surface area contributed by atoms with Crippen molar-refractivity contribution < 1.29 is 14.2 Å². The van der Waals surface area contributed by atoms with Crippen LogP contribution in [0.2, 0.25) is 10.6 Å². The lowest BCUT2D eigenvalue weighted by Crippen LogP contribution is -2.34. The van der Waals surface area contributed by atoms with Crippen LogP contribution in [-0.4, -0.2) is 105 Å². The van der Waals surface area contributed by atoms with Crippen LogP contribution in [0, 0.1) is 0 Å². The average molecular weight is 551 g/mol. The molecule has 37 heavy (non-hydrogen) atoms. The van der Waals surface area contributed by atoms with Crippen molar-refractivity contribution in [2.24, 2.45) is 14.1 Å². The average Bonchev–Trinajstić information content (AvgIpc) is 3.35. The third-order valence-electron chi connectivity index (χ3n) is 6.18. The van der Waals surface area contributed by atoms with Crippen LogP contribution in [0.25, 0.3) is 22.3 Å². The molecule has 0 amide bonds. The topological polar surface area (TPSA) is 121 Å². The van der Waals surface area contributed by atoms with Crippen LogP contribution in [0.1, 0.15) is 0 Å². The Labute approximate surface area is 223 Å². The van der Waals surface area contributed by atoms with E-state index in [9.17, 15) is 0 Å². The number of ether oxygens (including phenoxy) is 3. The molecule has 0 N–H and O–H groups in total. The van der Waals surface area contributed by atoms with Crippen LogP contribution in [0.4, 0.5) is 11.6 Å². The fourth-order valence-corrected chi connectivity index (χ4v) is 4.56. The molecular formula is C22H28Cl2N10O3. The van der Waals surface area contributed by atoms with E-state index < -0.39 is 0 Å². The Bertz CT molecular complexity index is 1260. The molecule has 0 atom stereocenters. The molecule has 0 radical (unpaired) electrons. The van der Waals surface area contributed by atoms with E-state index in [0.717, 1.165) is 22.7 Å². The van der Waals surface area contributed by atoms with Gasteiger partial charge in [0, 0.05) is 40.3 Å². The molecule has 5 heterocycles. The lowest BCUT2D eigenvalue weighted by molar-refractivity contribution is 0.0530. The largest absolute Gasteiger partial charge is 0.378 e. The molecule has 0 saturated carbocycles. The number of aromatic nitrogens is 8. The maximum Gasteiger partial charge on any atom is 0.205 e. The van der Waals surface area contributed by atoms with Gasteiger partial charge in [-0.15, -0.1) is 0 Å². The fraction of sp³-hybridized carbons (Fsp3) is 0.545. The third kappa shape index (κ3) is 5.55.